The van der Waals surface area contributed by atoms with Crippen LogP contribution in [0.3, 0.4) is 0 Å². The molecule has 0 radical (unpaired) electrons. The predicted molar refractivity (Wildman–Crippen MR) is 51.5 cm³/mol. The maximum atomic E-state index is 4.10. The smallest absolute Gasteiger partial charge is 0.129 e. The molecule has 1 fully saturated rings. The Labute approximate surface area is 77.8 Å². The van der Waals surface area contributed by atoms with Crippen LogP contribution in [0.2, 0.25) is 0 Å². The second-order valence-electron chi connectivity index (χ2n) is 3.33. The summed E-state index contributed by atoms with van der Waals surface area (Å²) in [5.41, 5.74) is 0. The van der Waals surface area contributed by atoms with Crippen LogP contribution in [-0.4, -0.2) is 29.6 Å². The summed E-state index contributed by atoms with van der Waals surface area (Å²) in [6.45, 7) is 3.28. The molecule has 0 aliphatic carbocycles. The summed E-state index contributed by atoms with van der Waals surface area (Å²) in [4.78, 5) is 7.96. The van der Waals surface area contributed by atoms with Gasteiger partial charge in [-0.15, -0.1) is 0 Å². The third-order valence-electron chi connectivity index (χ3n) is 2.32. The molecule has 0 amide bonds. The lowest BCUT2D eigenvalue weighted by molar-refractivity contribution is 0.614. The molecule has 0 saturated carbocycles. The third kappa shape index (κ3) is 2.39. The van der Waals surface area contributed by atoms with Gasteiger partial charge in [-0.3, -0.25) is 0 Å². The van der Waals surface area contributed by atoms with E-state index in [1.165, 1.54) is 6.42 Å². The van der Waals surface area contributed by atoms with Gasteiger partial charge in [-0.25, -0.2) is 9.97 Å². The SMILES string of the molecule is c1cc(NCC2CCNC2)ncn1. The summed E-state index contributed by atoms with van der Waals surface area (Å²) in [7, 11) is 0. The van der Waals surface area contributed by atoms with Crippen molar-refractivity contribution in [1.82, 2.24) is 15.3 Å². The van der Waals surface area contributed by atoms with E-state index in [4.69, 9.17) is 0 Å². The standard InChI is InChI=1S/C9H14N4/c1-3-10-5-8(1)6-12-9-2-4-11-7-13-9/h2,4,7-8,10H,1,3,5-6H2,(H,11,12,13). The predicted octanol–water partition coefficient (Wildman–Crippen LogP) is 0.498. The van der Waals surface area contributed by atoms with Crippen LogP contribution in [0.15, 0.2) is 18.6 Å². The van der Waals surface area contributed by atoms with E-state index in [1.807, 2.05) is 6.07 Å². The van der Waals surface area contributed by atoms with E-state index < -0.39 is 0 Å². The molecule has 13 heavy (non-hydrogen) atoms. The maximum absolute atomic E-state index is 4.10. The van der Waals surface area contributed by atoms with Crippen LogP contribution in [0.4, 0.5) is 5.82 Å². The van der Waals surface area contributed by atoms with Crippen LogP contribution in [0.25, 0.3) is 0 Å². The monoisotopic (exact) mass is 178 g/mol. The Balaban J connectivity index is 1.79. The Morgan fingerprint density at radius 1 is 1.62 bits per heavy atom. The number of aromatic nitrogens is 2. The van der Waals surface area contributed by atoms with Gasteiger partial charge in [0.15, 0.2) is 0 Å². The van der Waals surface area contributed by atoms with E-state index >= 15 is 0 Å². The minimum Gasteiger partial charge on any atom is -0.370 e. The summed E-state index contributed by atoms with van der Waals surface area (Å²) < 4.78 is 0. The molecule has 1 aliphatic heterocycles. The molecule has 4 heteroatoms. The first-order chi connectivity index (χ1) is 6.45. The van der Waals surface area contributed by atoms with Gasteiger partial charge in [0.1, 0.15) is 12.1 Å². The second-order valence-corrected chi connectivity index (χ2v) is 3.33. The number of nitrogens with zero attached hydrogens (tertiary/aromatic N) is 2. The lowest BCUT2D eigenvalue weighted by Gasteiger charge is -2.09. The molecule has 2 N–H and O–H groups in total. The van der Waals surface area contributed by atoms with E-state index in [1.54, 1.807) is 12.5 Å². The van der Waals surface area contributed by atoms with Crippen molar-refractivity contribution in [3.8, 4) is 0 Å². The highest BCUT2D eigenvalue weighted by molar-refractivity contribution is 5.31. The largest absolute Gasteiger partial charge is 0.370 e. The zero-order valence-corrected chi connectivity index (χ0v) is 7.53. The first kappa shape index (κ1) is 8.44. The molecule has 1 aliphatic rings. The molecule has 1 atom stereocenters. The molecular formula is C9H14N4. The van der Waals surface area contributed by atoms with Gasteiger partial charge >= 0.3 is 0 Å². The number of rotatable bonds is 3. The van der Waals surface area contributed by atoms with Crippen LogP contribution in [-0.2, 0) is 0 Å². The quantitative estimate of drug-likeness (QED) is 0.707. The van der Waals surface area contributed by atoms with Crippen molar-refractivity contribution in [2.24, 2.45) is 5.92 Å². The van der Waals surface area contributed by atoms with Crippen molar-refractivity contribution in [2.45, 2.75) is 6.42 Å². The lowest BCUT2D eigenvalue weighted by atomic mass is 10.1. The fourth-order valence-electron chi connectivity index (χ4n) is 1.53. The molecule has 0 bridgehead atoms. The number of nitrogens with one attached hydrogen (secondary N) is 2. The number of hydrogen-bond acceptors (Lipinski definition) is 4. The average Bonchev–Trinajstić information content (AvgIpc) is 2.69. The Hall–Kier alpha value is -1.16. The fourth-order valence-corrected chi connectivity index (χ4v) is 1.53. The van der Waals surface area contributed by atoms with Gasteiger partial charge in [0.2, 0.25) is 0 Å². The van der Waals surface area contributed by atoms with E-state index in [-0.39, 0.29) is 0 Å². The van der Waals surface area contributed by atoms with Gasteiger partial charge in [0.25, 0.3) is 0 Å². The van der Waals surface area contributed by atoms with Gasteiger partial charge in [-0.1, -0.05) is 0 Å². The van der Waals surface area contributed by atoms with E-state index in [2.05, 4.69) is 20.6 Å². The molecule has 1 saturated heterocycles. The molecule has 0 spiro atoms. The van der Waals surface area contributed by atoms with Crippen molar-refractivity contribution in [2.75, 3.05) is 25.0 Å². The van der Waals surface area contributed by atoms with Gasteiger partial charge in [-0.05, 0) is 31.5 Å². The topological polar surface area (TPSA) is 49.8 Å². The minimum absolute atomic E-state index is 0.745. The number of hydrogen-bond donors (Lipinski definition) is 2. The molecule has 4 nitrogen and oxygen atoms in total. The Kier molecular flexibility index (Phi) is 2.72. The molecule has 1 aromatic rings. The third-order valence-corrected chi connectivity index (χ3v) is 2.32. The first-order valence-corrected chi connectivity index (χ1v) is 4.66. The second kappa shape index (κ2) is 4.18. The summed E-state index contributed by atoms with van der Waals surface area (Å²) >= 11 is 0. The summed E-state index contributed by atoms with van der Waals surface area (Å²) in [6, 6.07) is 1.89. The summed E-state index contributed by atoms with van der Waals surface area (Å²) in [5, 5.41) is 6.63. The van der Waals surface area contributed by atoms with Gasteiger partial charge in [0, 0.05) is 12.7 Å². The van der Waals surface area contributed by atoms with Crippen LogP contribution < -0.4 is 10.6 Å². The average molecular weight is 178 g/mol. The van der Waals surface area contributed by atoms with Crippen LogP contribution in [0.1, 0.15) is 6.42 Å². The first-order valence-electron chi connectivity index (χ1n) is 4.66. The molecule has 0 aromatic carbocycles. The molecule has 1 aromatic heterocycles. The lowest BCUT2D eigenvalue weighted by Crippen LogP contribution is -2.17. The Bertz CT molecular complexity index is 243. The van der Waals surface area contributed by atoms with Crippen molar-refractivity contribution in [1.29, 1.82) is 0 Å². The molecule has 1 unspecified atom stereocenters. The fraction of sp³-hybridized carbons (Fsp3) is 0.556. The van der Waals surface area contributed by atoms with Gasteiger partial charge < -0.3 is 10.6 Å². The highest BCUT2D eigenvalue weighted by atomic mass is 15.0. The zero-order valence-electron chi connectivity index (χ0n) is 7.53. The van der Waals surface area contributed by atoms with E-state index in [0.717, 1.165) is 31.4 Å². The highest BCUT2D eigenvalue weighted by Gasteiger charge is 2.13. The minimum atomic E-state index is 0.745. The van der Waals surface area contributed by atoms with E-state index in [9.17, 15) is 0 Å². The summed E-state index contributed by atoms with van der Waals surface area (Å²) in [6.07, 6.45) is 4.58. The van der Waals surface area contributed by atoms with Crippen molar-refractivity contribution in [3.05, 3.63) is 18.6 Å². The highest BCUT2D eigenvalue weighted by Crippen LogP contribution is 2.08. The molecule has 2 heterocycles. The van der Waals surface area contributed by atoms with E-state index in [0.29, 0.717) is 0 Å². The van der Waals surface area contributed by atoms with Gasteiger partial charge in [0.05, 0.1) is 0 Å². The Morgan fingerprint density at radius 2 is 2.62 bits per heavy atom. The zero-order chi connectivity index (χ0) is 8.93. The molecular weight excluding hydrogens is 164 g/mol. The number of anilines is 1. The van der Waals surface area contributed by atoms with Crippen molar-refractivity contribution in [3.63, 3.8) is 0 Å². The summed E-state index contributed by atoms with van der Waals surface area (Å²) in [5.74, 6) is 1.66. The van der Waals surface area contributed by atoms with Crippen LogP contribution >= 0.6 is 0 Å². The van der Waals surface area contributed by atoms with Crippen molar-refractivity contribution < 1.29 is 0 Å². The molecule has 2 rings (SSSR count). The van der Waals surface area contributed by atoms with Crippen molar-refractivity contribution >= 4 is 5.82 Å². The molecule has 70 valence electrons. The maximum Gasteiger partial charge on any atom is 0.129 e. The van der Waals surface area contributed by atoms with Crippen LogP contribution in [0.5, 0.6) is 0 Å². The Morgan fingerprint density at radius 3 is 3.31 bits per heavy atom. The van der Waals surface area contributed by atoms with Gasteiger partial charge in [-0.2, -0.15) is 0 Å². The van der Waals surface area contributed by atoms with Crippen LogP contribution in [0, 0.1) is 5.92 Å². The normalized spacial score (nSPS) is 21.7.